The van der Waals surface area contributed by atoms with Crippen LogP contribution in [0.4, 0.5) is 15.8 Å². The number of likely N-dealkylation sites (tertiary alicyclic amines) is 1. The standard InChI is InChI=1S/C33H41FN4O4.C23H30BrN3O3/c1-5-38(26-8-10-42-11-9-26)31-15-25(23-6-7-24(30(34)14-23)17-37-18-27(39)19-37)13-28(22(31)4)32(40)35-16-29-20(2)12-21(3)36-33(29)41;1-5-27(18-6-8-30-9-7-18)21-12-17(24)11-19(16(21)4)22(28)25-13-20-14(2)10-15(3)26-23(20)29/h6-7,12-15,26-27,39H,5,8-11,16-19H2,1-4H3,(H,35,40)(H,36,41);10-12,18H,5-9,13H2,1-4H3,(H,25,28)(H,26,29). The molecule has 3 aliphatic rings. The highest BCUT2D eigenvalue weighted by molar-refractivity contribution is 9.10. The van der Waals surface area contributed by atoms with E-state index in [2.05, 4.69) is 72.3 Å². The number of aliphatic hydroxyl groups excluding tert-OH is 1. The number of hydrogen-bond donors (Lipinski definition) is 5. The van der Waals surface area contributed by atoms with Crippen LogP contribution in [0.25, 0.3) is 11.1 Å². The zero-order valence-electron chi connectivity index (χ0n) is 43.0. The molecule has 16 heteroatoms. The fourth-order valence-electron chi connectivity index (χ4n) is 10.3. The molecule has 2 aromatic heterocycles. The molecule has 3 saturated heterocycles. The Bertz CT molecular complexity index is 2870. The Morgan fingerprint density at radius 2 is 1.17 bits per heavy atom. The first-order valence-electron chi connectivity index (χ1n) is 25.2. The van der Waals surface area contributed by atoms with Gasteiger partial charge in [-0.05, 0) is 157 Å². The second-order valence-electron chi connectivity index (χ2n) is 19.4. The van der Waals surface area contributed by atoms with Crippen LogP contribution < -0.4 is 31.6 Å². The molecule has 0 unspecified atom stereocenters. The van der Waals surface area contributed by atoms with Gasteiger partial charge in [0.2, 0.25) is 0 Å². The average molecular weight is 1050 g/mol. The van der Waals surface area contributed by atoms with Gasteiger partial charge >= 0.3 is 0 Å². The van der Waals surface area contributed by atoms with Crippen LogP contribution in [0.3, 0.4) is 0 Å². The first-order chi connectivity index (χ1) is 34.5. The number of rotatable bonds is 15. The number of aryl methyl sites for hydroxylation is 4. The molecule has 0 spiro atoms. The number of nitrogens with one attached hydrogen (secondary N) is 4. The Hall–Kier alpha value is -5.65. The molecule has 3 aliphatic heterocycles. The smallest absolute Gasteiger partial charge is 0.253 e. The van der Waals surface area contributed by atoms with Crippen molar-refractivity contribution in [3.63, 3.8) is 0 Å². The fourth-order valence-corrected chi connectivity index (χ4v) is 10.8. The lowest BCUT2D eigenvalue weighted by molar-refractivity contribution is -0.00342. The number of ether oxygens (including phenoxy) is 2. The van der Waals surface area contributed by atoms with E-state index in [9.17, 15) is 24.3 Å². The van der Waals surface area contributed by atoms with Gasteiger partial charge in [0.05, 0.1) is 6.10 Å². The van der Waals surface area contributed by atoms with E-state index in [1.54, 1.807) is 6.07 Å². The van der Waals surface area contributed by atoms with Crippen molar-refractivity contribution in [1.82, 2.24) is 25.5 Å². The number of pyridine rings is 2. The average Bonchev–Trinajstić information content (AvgIpc) is 3.33. The van der Waals surface area contributed by atoms with E-state index >= 15 is 4.39 Å². The summed E-state index contributed by atoms with van der Waals surface area (Å²) >= 11 is 3.58. The third kappa shape index (κ3) is 12.9. The molecular formula is C56H71BrFN7O7. The second-order valence-corrected chi connectivity index (χ2v) is 20.3. The summed E-state index contributed by atoms with van der Waals surface area (Å²) in [6.07, 6.45) is 3.41. The number of carbonyl (C=O) groups excluding carboxylic acids is 2. The molecule has 0 saturated carbocycles. The maximum Gasteiger partial charge on any atom is 0.253 e. The third-order valence-electron chi connectivity index (χ3n) is 14.3. The second kappa shape index (κ2) is 24.4. The van der Waals surface area contributed by atoms with Gasteiger partial charge in [0.1, 0.15) is 5.82 Å². The summed E-state index contributed by atoms with van der Waals surface area (Å²) in [6, 6.07) is 17.5. The molecule has 0 bridgehead atoms. The molecule has 2 amide bonds. The number of aliphatic hydroxyl groups is 1. The van der Waals surface area contributed by atoms with Crippen LogP contribution >= 0.6 is 15.9 Å². The Kier molecular flexibility index (Phi) is 18.3. The highest BCUT2D eigenvalue weighted by Crippen LogP contribution is 2.35. The number of H-pyrrole nitrogens is 2. The van der Waals surface area contributed by atoms with Crippen LogP contribution in [0.15, 0.2) is 68.7 Å². The number of β-amino-alcohol motifs (C(OH)–C–C–N with tert-alkyl or cyclic N) is 1. The monoisotopic (exact) mass is 1050 g/mol. The van der Waals surface area contributed by atoms with Crippen molar-refractivity contribution in [3.8, 4) is 11.1 Å². The van der Waals surface area contributed by atoms with Crippen LogP contribution in [0.1, 0.15) is 111 Å². The lowest BCUT2D eigenvalue weighted by atomic mass is 9.94. The van der Waals surface area contributed by atoms with Crippen LogP contribution in [0.2, 0.25) is 0 Å². The molecule has 5 aromatic rings. The molecule has 5 heterocycles. The van der Waals surface area contributed by atoms with Crippen LogP contribution in [0, 0.1) is 47.4 Å². The summed E-state index contributed by atoms with van der Waals surface area (Å²) in [4.78, 5) is 63.9. The third-order valence-corrected chi connectivity index (χ3v) is 14.8. The van der Waals surface area contributed by atoms with E-state index in [1.165, 1.54) is 6.07 Å². The first-order valence-corrected chi connectivity index (χ1v) is 26.0. The summed E-state index contributed by atoms with van der Waals surface area (Å²) in [7, 11) is 0. The number of nitrogens with zero attached hydrogens (tertiary/aromatic N) is 3. The van der Waals surface area contributed by atoms with Crippen LogP contribution in [0.5, 0.6) is 0 Å². The molecular weight excluding hydrogens is 982 g/mol. The number of benzene rings is 3. The van der Waals surface area contributed by atoms with Gasteiger partial charge in [-0.2, -0.15) is 0 Å². The van der Waals surface area contributed by atoms with Gasteiger partial charge in [-0.1, -0.05) is 28.1 Å². The number of anilines is 2. The first kappa shape index (κ1) is 54.1. The maximum absolute atomic E-state index is 15.3. The zero-order chi connectivity index (χ0) is 51.8. The topological polar surface area (TPSA) is 172 Å². The predicted octanol–water partition coefficient (Wildman–Crippen LogP) is 8.22. The van der Waals surface area contributed by atoms with Gasteiger partial charge in [0.25, 0.3) is 22.9 Å². The summed E-state index contributed by atoms with van der Waals surface area (Å²) in [5.74, 6) is -0.781. The van der Waals surface area contributed by atoms with E-state index in [0.29, 0.717) is 72.3 Å². The molecule has 5 N–H and O–H groups in total. The Morgan fingerprint density at radius 3 is 1.61 bits per heavy atom. The number of hydrogen-bond acceptors (Lipinski definition) is 10. The van der Waals surface area contributed by atoms with E-state index in [4.69, 9.17) is 9.47 Å². The Labute approximate surface area is 430 Å². The van der Waals surface area contributed by atoms with Gasteiger partial charge in [-0.25, -0.2) is 4.39 Å². The van der Waals surface area contributed by atoms with Gasteiger partial charge in [-0.15, -0.1) is 0 Å². The highest BCUT2D eigenvalue weighted by atomic mass is 79.9. The fraction of sp³-hybridized carbons (Fsp3) is 0.464. The zero-order valence-corrected chi connectivity index (χ0v) is 44.6. The molecule has 0 radical (unpaired) electrons. The molecule has 3 aromatic carbocycles. The molecule has 0 atom stereocenters. The Balaban J connectivity index is 0.000000224. The van der Waals surface area contributed by atoms with Crippen molar-refractivity contribution in [1.29, 1.82) is 0 Å². The van der Waals surface area contributed by atoms with E-state index < -0.39 is 0 Å². The summed E-state index contributed by atoms with van der Waals surface area (Å²) < 4.78 is 27.3. The van der Waals surface area contributed by atoms with Crippen molar-refractivity contribution in [3.05, 3.63) is 147 Å². The molecule has 3 fully saturated rings. The van der Waals surface area contributed by atoms with Gasteiger partial charge < -0.3 is 45.0 Å². The minimum atomic E-state index is -0.339. The van der Waals surface area contributed by atoms with Crippen LogP contribution in [-0.4, -0.2) is 103 Å². The van der Waals surface area contributed by atoms with E-state index in [1.807, 2.05) is 76.8 Å². The van der Waals surface area contributed by atoms with Crippen molar-refractivity contribution in [2.45, 2.75) is 119 Å². The van der Waals surface area contributed by atoms with Crippen LogP contribution in [-0.2, 0) is 29.1 Å². The van der Waals surface area contributed by atoms with Gasteiger partial charge in [0, 0.05) is 139 Å². The quantitative estimate of drug-likeness (QED) is 0.0688. The van der Waals surface area contributed by atoms with E-state index in [0.717, 1.165) is 107 Å². The Morgan fingerprint density at radius 1 is 0.694 bits per heavy atom. The number of carbonyl (C=O) groups is 2. The number of amides is 2. The highest BCUT2D eigenvalue weighted by Gasteiger charge is 2.28. The lowest BCUT2D eigenvalue weighted by Crippen LogP contribution is -2.49. The predicted molar refractivity (Wildman–Crippen MR) is 286 cm³/mol. The SMILES string of the molecule is CCN(c1cc(-c2ccc(CN3CC(O)C3)c(F)c2)cc(C(=O)NCc2c(C)cc(C)[nH]c2=O)c1C)C1CCOCC1.CCN(c1cc(Br)cc(C(=O)NCc2c(C)cc(C)[nH]c2=O)c1C)C1CCOCC1. The minimum absolute atomic E-state index is 0.102. The van der Waals surface area contributed by atoms with Crippen molar-refractivity contribution >= 4 is 39.1 Å². The molecule has 14 nitrogen and oxygen atoms in total. The number of aromatic amines is 2. The van der Waals surface area contributed by atoms with E-state index in [-0.39, 0.29) is 54.0 Å². The lowest BCUT2D eigenvalue weighted by Gasteiger charge is -2.37. The summed E-state index contributed by atoms with van der Waals surface area (Å²) in [5.41, 5.74) is 10.9. The maximum atomic E-state index is 15.3. The number of aromatic nitrogens is 2. The summed E-state index contributed by atoms with van der Waals surface area (Å²) in [6.45, 7) is 22.0. The van der Waals surface area contributed by atoms with Crippen molar-refractivity contribution in [2.75, 3.05) is 62.4 Å². The minimum Gasteiger partial charge on any atom is -0.390 e. The molecule has 8 rings (SSSR count). The van der Waals surface area contributed by atoms with Crippen molar-refractivity contribution in [2.24, 2.45) is 0 Å². The van der Waals surface area contributed by atoms with Gasteiger partial charge in [-0.3, -0.25) is 24.1 Å². The molecule has 72 heavy (non-hydrogen) atoms. The normalized spacial score (nSPS) is 15.6. The van der Waals surface area contributed by atoms with Gasteiger partial charge in [0.15, 0.2) is 0 Å². The summed E-state index contributed by atoms with van der Waals surface area (Å²) in [5, 5.41) is 15.5. The number of halogens is 2. The van der Waals surface area contributed by atoms with Crippen molar-refractivity contribution < 1.29 is 28.6 Å². The largest absolute Gasteiger partial charge is 0.390 e. The molecule has 386 valence electrons. The molecule has 0 aliphatic carbocycles.